The summed E-state index contributed by atoms with van der Waals surface area (Å²) in [5, 5.41) is 11.8. The average Bonchev–Trinajstić information content (AvgIpc) is 3.48. The van der Waals surface area contributed by atoms with E-state index < -0.39 is 21.2 Å². The summed E-state index contributed by atoms with van der Waals surface area (Å²) in [6, 6.07) is 5.25. The van der Waals surface area contributed by atoms with E-state index in [2.05, 4.69) is 30.0 Å². The van der Waals surface area contributed by atoms with Crippen molar-refractivity contribution in [3.63, 3.8) is 0 Å². The number of rotatable bonds is 9. The van der Waals surface area contributed by atoms with Gasteiger partial charge in [0.25, 0.3) is 0 Å². The molecule has 0 aliphatic carbocycles. The molecule has 0 fully saturated rings. The molecule has 13 heteroatoms. The van der Waals surface area contributed by atoms with E-state index in [0.717, 1.165) is 5.56 Å². The Bertz CT molecular complexity index is 1440. The minimum atomic E-state index is -3.96. The first kappa shape index (κ1) is 25.1. The van der Waals surface area contributed by atoms with Gasteiger partial charge in [0.15, 0.2) is 5.82 Å². The van der Waals surface area contributed by atoms with E-state index in [1.807, 2.05) is 6.92 Å². The van der Waals surface area contributed by atoms with E-state index in [0.29, 0.717) is 34.4 Å². The van der Waals surface area contributed by atoms with Crippen LogP contribution < -0.4 is 14.2 Å². The van der Waals surface area contributed by atoms with Crippen molar-refractivity contribution in [3.05, 3.63) is 54.4 Å². The van der Waals surface area contributed by atoms with Crippen LogP contribution in [-0.4, -0.2) is 62.4 Å². The predicted molar refractivity (Wildman–Crippen MR) is 134 cm³/mol. The number of aromatic nitrogens is 7. The molecule has 190 valence electrons. The fraction of sp³-hybridized carbons (Fsp3) is 0.348. The third-order valence-corrected chi connectivity index (χ3v) is 7.74. The molecule has 3 heterocycles. The van der Waals surface area contributed by atoms with Crippen molar-refractivity contribution in [1.29, 1.82) is 0 Å². The SMILES string of the molecule is COc1cccc(OC)c1-n1c(NS(=O)(=O)C(C)C(C)c2ncc(C)cn2)nnc1-c1cnn(C)c1. The molecule has 3 aromatic heterocycles. The van der Waals surface area contributed by atoms with Crippen LogP contribution >= 0.6 is 0 Å². The second-order valence-corrected chi connectivity index (χ2v) is 10.4. The second-order valence-electron chi connectivity index (χ2n) is 8.36. The number of nitrogens with one attached hydrogen (secondary N) is 1. The fourth-order valence-electron chi connectivity index (χ4n) is 3.67. The molecule has 2 unspecified atom stereocenters. The van der Waals surface area contributed by atoms with Crippen molar-refractivity contribution in [2.75, 3.05) is 18.9 Å². The summed E-state index contributed by atoms with van der Waals surface area (Å²) in [6.07, 6.45) is 6.69. The standard InChI is InChI=1S/C23H28N8O4S/c1-14-10-24-21(25-11-14)15(2)16(3)36(32,33)29-23-28-27-22(17-12-26-30(4)13-17)31(23)20-18(34-5)8-7-9-19(20)35-6/h7-13,15-16H,1-6H3,(H,28,29). The van der Waals surface area contributed by atoms with Crippen LogP contribution in [0.15, 0.2) is 43.0 Å². The van der Waals surface area contributed by atoms with Crippen LogP contribution in [0.1, 0.15) is 31.2 Å². The van der Waals surface area contributed by atoms with Gasteiger partial charge in [-0.25, -0.2) is 18.4 Å². The minimum absolute atomic E-state index is 0.0273. The lowest BCUT2D eigenvalue weighted by Crippen LogP contribution is -2.31. The average molecular weight is 513 g/mol. The van der Waals surface area contributed by atoms with Crippen molar-refractivity contribution in [1.82, 2.24) is 34.5 Å². The quantitative estimate of drug-likeness (QED) is 0.358. The molecule has 0 aliphatic rings. The Morgan fingerprint density at radius 1 is 1.00 bits per heavy atom. The van der Waals surface area contributed by atoms with Crippen LogP contribution in [0.4, 0.5) is 5.95 Å². The van der Waals surface area contributed by atoms with Gasteiger partial charge in [0.1, 0.15) is 23.0 Å². The third kappa shape index (κ3) is 4.73. The number of aryl methyl sites for hydroxylation is 2. The molecule has 2 atom stereocenters. The van der Waals surface area contributed by atoms with Gasteiger partial charge < -0.3 is 9.47 Å². The Hall–Kier alpha value is -4.00. The highest BCUT2D eigenvalue weighted by Gasteiger charge is 2.32. The highest BCUT2D eigenvalue weighted by atomic mass is 32.2. The van der Waals surface area contributed by atoms with Gasteiger partial charge in [0.05, 0.1) is 31.2 Å². The molecule has 12 nitrogen and oxygen atoms in total. The lowest BCUT2D eigenvalue weighted by Gasteiger charge is -2.21. The molecule has 0 saturated heterocycles. The van der Waals surface area contributed by atoms with E-state index in [-0.39, 0.29) is 5.95 Å². The maximum absolute atomic E-state index is 13.5. The monoisotopic (exact) mass is 512 g/mol. The Morgan fingerprint density at radius 2 is 1.64 bits per heavy atom. The van der Waals surface area contributed by atoms with Crippen molar-refractivity contribution in [2.24, 2.45) is 7.05 Å². The maximum atomic E-state index is 13.5. The topological polar surface area (TPSA) is 139 Å². The van der Waals surface area contributed by atoms with Crippen LogP contribution in [-0.2, 0) is 17.1 Å². The van der Waals surface area contributed by atoms with E-state index in [1.54, 1.807) is 73.1 Å². The Balaban J connectivity index is 1.81. The van der Waals surface area contributed by atoms with Crippen LogP contribution in [0, 0.1) is 6.92 Å². The van der Waals surface area contributed by atoms with Gasteiger partial charge in [-0.15, -0.1) is 10.2 Å². The summed E-state index contributed by atoms with van der Waals surface area (Å²) >= 11 is 0. The molecular formula is C23H28N8O4S. The van der Waals surface area contributed by atoms with Gasteiger partial charge in [0.2, 0.25) is 16.0 Å². The van der Waals surface area contributed by atoms with E-state index in [4.69, 9.17) is 9.47 Å². The van der Waals surface area contributed by atoms with Gasteiger partial charge in [-0.3, -0.25) is 14.0 Å². The normalized spacial score (nSPS) is 13.3. The molecule has 0 radical (unpaired) electrons. The second kappa shape index (κ2) is 9.93. The van der Waals surface area contributed by atoms with Crippen molar-refractivity contribution < 1.29 is 17.9 Å². The maximum Gasteiger partial charge on any atom is 0.243 e. The molecule has 0 saturated carbocycles. The number of benzene rings is 1. The molecule has 0 spiro atoms. The van der Waals surface area contributed by atoms with E-state index in [1.165, 1.54) is 14.2 Å². The van der Waals surface area contributed by atoms with Gasteiger partial charge in [0, 0.05) is 31.6 Å². The van der Waals surface area contributed by atoms with Crippen molar-refractivity contribution in [3.8, 4) is 28.6 Å². The Labute approximate surface area is 209 Å². The summed E-state index contributed by atoms with van der Waals surface area (Å²) in [5.41, 5.74) is 1.95. The number of methoxy groups -OCH3 is 2. The van der Waals surface area contributed by atoms with Gasteiger partial charge in [-0.05, 0) is 31.5 Å². The Kier molecular flexibility index (Phi) is 6.93. The zero-order chi connectivity index (χ0) is 26.0. The molecule has 0 amide bonds. The number of nitrogens with zero attached hydrogens (tertiary/aromatic N) is 7. The molecule has 1 N–H and O–H groups in total. The summed E-state index contributed by atoms with van der Waals surface area (Å²) < 4.78 is 43.9. The van der Waals surface area contributed by atoms with Crippen LogP contribution in [0.25, 0.3) is 17.1 Å². The van der Waals surface area contributed by atoms with E-state index in [9.17, 15) is 8.42 Å². The molecule has 36 heavy (non-hydrogen) atoms. The number of anilines is 1. The highest BCUT2D eigenvalue weighted by Crippen LogP contribution is 2.38. The molecule has 0 bridgehead atoms. The molecule has 4 aromatic rings. The number of para-hydroxylation sites is 1. The first-order valence-corrected chi connectivity index (χ1v) is 12.7. The first-order chi connectivity index (χ1) is 17.2. The third-order valence-electron chi connectivity index (χ3n) is 5.89. The zero-order valence-corrected chi connectivity index (χ0v) is 21.7. The van der Waals surface area contributed by atoms with Crippen molar-refractivity contribution in [2.45, 2.75) is 31.9 Å². The van der Waals surface area contributed by atoms with E-state index >= 15 is 0 Å². The number of sulfonamides is 1. The smallest absolute Gasteiger partial charge is 0.243 e. The molecule has 4 rings (SSSR count). The summed E-state index contributed by atoms with van der Waals surface area (Å²) in [5.74, 6) is 1.15. The zero-order valence-electron chi connectivity index (χ0n) is 20.9. The summed E-state index contributed by atoms with van der Waals surface area (Å²) in [7, 11) is 0.842. The summed E-state index contributed by atoms with van der Waals surface area (Å²) in [4.78, 5) is 8.60. The van der Waals surface area contributed by atoms with Crippen LogP contribution in [0.2, 0.25) is 0 Å². The number of hydrogen-bond donors (Lipinski definition) is 1. The summed E-state index contributed by atoms with van der Waals surface area (Å²) in [6.45, 7) is 5.24. The highest BCUT2D eigenvalue weighted by molar-refractivity contribution is 7.93. The van der Waals surface area contributed by atoms with Crippen molar-refractivity contribution >= 4 is 16.0 Å². The largest absolute Gasteiger partial charge is 0.494 e. The van der Waals surface area contributed by atoms with Gasteiger partial charge >= 0.3 is 0 Å². The van der Waals surface area contributed by atoms with Crippen LogP contribution in [0.5, 0.6) is 11.5 Å². The number of hydrogen-bond acceptors (Lipinski definition) is 9. The fourth-order valence-corrected chi connectivity index (χ4v) is 4.91. The molecule has 1 aromatic carbocycles. The predicted octanol–water partition coefficient (Wildman–Crippen LogP) is 2.72. The lowest BCUT2D eigenvalue weighted by atomic mass is 10.1. The Morgan fingerprint density at radius 3 is 2.19 bits per heavy atom. The first-order valence-electron chi connectivity index (χ1n) is 11.1. The lowest BCUT2D eigenvalue weighted by molar-refractivity contribution is 0.391. The molecule has 0 aliphatic heterocycles. The minimum Gasteiger partial charge on any atom is -0.494 e. The number of ether oxygens (including phenoxy) is 2. The molecular weight excluding hydrogens is 484 g/mol. The van der Waals surface area contributed by atoms with Crippen LogP contribution in [0.3, 0.4) is 0 Å². The van der Waals surface area contributed by atoms with Gasteiger partial charge in [-0.2, -0.15) is 5.10 Å². The van der Waals surface area contributed by atoms with Gasteiger partial charge in [-0.1, -0.05) is 13.0 Å².